The lowest BCUT2D eigenvalue weighted by molar-refractivity contribution is -0.112. The number of azo groups is 1. The van der Waals surface area contributed by atoms with Crippen LogP contribution < -0.4 is 0 Å². The zero-order chi connectivity index (χ0) is 20.4. The van der Waals surface area contributed by atoms with Crippen LogP contribution in [-0.2, 0) is 11.2 Å². The second kappa shape index (κ2) is 8.10. The zero-order valence-corrected chi connectivity index (χ0v) is 17.6. The van der Waals surface area contributed by atoms with Gasteiger partial charge in [-0.25, -0.2) is 0 Å². The second-order valence-electron chi connectivity index (χ2n) is 7.16. The predicted octanol–water partition coefficient (Wildman–Crippen LogP) is 7.43. The fourth-order valence-electron chi connectivity index (χ4n) is 3.38. The van der Waals surface area contributed by atoms with Gasteiger partial charge in [0.25, 0.3) is 0 Å². The summed E-state index contributed by atoms with van der Waals surface area (Å²) in [5.41, 5.74) is 5.22. The Balaban J connectivity index is 1.86. The number of allylic oxidation sites excluding steroid dienone is 5. The monoisotopic (exact) mass is 398 g/mol. The Morgan fingerprint density at radius 3 is 2.45 bits per heavy atom. The van der Waals surface area contributed by atoms with E-state index in [4.69, 9.17) is 0 Å². The van der Waals surface area contributed by atoms with Crippen molar-refractivity contribution in [2.75, 3.05) is 0 Å². The number of rotatable bonds is 4. The minimum atomic E-state index is 0.0806. The van der Waals surface area contributed by atoms with Crippen LogP contribution in [0, 0.1) is 0 Å². The molecular weight excluding hydrogens is 376 g/mol. The van der Waals surface area contributed by atoms with Crippen molar-refractivity contribution < 1.29 is 4.79 Å². The number of fused-ring (bicyclic) bond motifs is 1. The summed E-state index contributed by atoms with van der Waals surface area (Å²) in [4.78, 5) is 13.3. The molecule has 0 aliphatic heterocycles. The Hall–Kier alpha value is -3.11. The number of aryl methyl sites for hydroxylation is 1. The van der Waals surface area contributed by atoms with Gasteiger partial charge in [-0.1, -0.05) is 37.3 Å². The van der Waals surface area contributed by atoms with Gasteiger partial charge in [0.05, 0.1) is 10.6 Å². The van der Waals surface area contributed by atoms with Crippen LogP contribution >= 0.6 is 11.3 Å². The summed E-state index contributed by atoms with van der Waals surface area (Å²) in [7, 11) is 0. The zero-order valence-electron chi connectivity index (χ0n) is 16.8. The summed E-state index contributed by atoms with van der Waals surface area (Å²) in [5.74, 6) is 0.0806. The van der Waals surface area contributed by atoms with Crippen molar-refractivity contribution in [2.24, 2.45) is 10.2 Å². The molecule has 29 heavy (non-hydrogen) atoms. The third-order valence-electron chi connectivity index (χ3n) is 4.98. The lowest BCUT2D eigenvalue weighted by Gasteiger charge is -2.11. The molecular formula is C25H22N2OS. The number of thiophene rings is 1. The quantitative estimate of drug-likeness (QED) is 0.421. The summed E-state index contributed by atoms with van der Waals surface area (Å²) in [6.45, 7) is 5.83. The fraction of sp³-hybridized carbons (Fsp3) is 0.160. The topological polar surface area (TPSA) is 41.8 Å². The van der Waals surface area contributed by atoms with Crippen LogP contribution in [0.1, 0.15) is 31.2 Å². The molecule has 3 aromatic rings. The van der Waals surface area contributed by atoms with E-state index in [1.165, 1.54) is 15.6 Å². The van der Waals surface area contributed by atoms with Gasteiger partial charge in [0.2, 0.25) is 0 Å². The Kier molecular flexibility index (Phi) is 5.36. The molecule has 4 heteroatoms. The fourth-order valence-corrected chi connectivity index (χ4v) is 4.45. The average Bonchev–Trinajstić information content (AvgIpc) is 3.16. The summed E-state index contributed by atoms with van der Waals surface area (Å²) in [6, 6.07) is 18.6. The molecule has 0 spiro atoms. The molecule has 2 aromatic carbocycles. The smallest absolute Gasteiger partial charge is 0.184 e. The molecule has 144 valence electrons. The average molecular weight is 399 g/mol. The number of hydrogen-bond donors (Lipinski definition) is 0. The van der Waals surface area contributed by atoms with Crippen molar-refractivity contribution in [2.45, 2.75) is 27.2 Å². The van der Waals surface area contributed by atoms with Gasteiger partial charge in [-0.3, -0.25) is 4.79 Å². The van der Waals surface area contributed by atoms with Gasteiger partial charge in [0.1, 0.15) is 5.70 Å². The van der Waals surface area contributed by atoms with Gasteiger partial charge in [-0.05, 0) is 78.8 Å². The molecule has 1 aromatic heterocycles. The SMILES string of the molecule is CCc1cccc(N=NC(=C2C=C(C)C(=O)C(C)=C2)c2cc3ccccc3s2)c1. The van der Waals surface area contributed by atoms with Gasteiger partial charge in [0, 0.05) is 10.3 Å². The van der Waals surface area contributed by atoms with Crippen LogP contribution in [0.25, 0.3) is 15.8 Å². The highest BCUT2D eigenvalue weighted by atomic mass is 32.1. The van der Waals surface area contributed by atoms with E-state index in [0.717, 1.165) is 39.4 Å². The molecule has 0 radical (unpaired) electrons. The van der Waals surface area contributed by atoms with Gasteiger partial charge in [-0.15, -0.1) is 16.5 Å². The van der Waals surface area contributed by atoms with Crippen LogP contribution in [0.2, 0.25) is 0 Å². The third-order valence-corrected chi connectivity index (χ3v) is 6.10. The maximum absolute atomic E-state index is 12.2. The summed E-state index contributed by atoms with van der Waals surface area (Å²) in [6.07, 6.45) is 4.78. The van der Waals surface area contributed by atoms with Gasteiger partial charge >= 0.3 is 0 Å². The molecule has 3 nitrogen and oxygen atoms in total. The molecule has 0 N–H and O–H groups in total. The van der Waals surface area contributed by atoms with Crippen molar-refractivity contribution >= 4 is 38.6 Å². The molecule has 1 aliphatic carbocycles. The number of nitrogens with zero attached hydrogens (tertiary/aromatic N) is 2. The van der Waals surface area contributed by atoms with Crippen molar-refractivity contribution in [3.8, 4) is 0 Å². The highest BCUT2D eigenvalue weighted by molar-refractivity contribution is 7.20. The first-order valence-electron chi connectivity index (χ1n) is 9.70. The van der Waals surface area contributed by atoms with E-state index in [-0.39, 0.29) is 5.78 Å². The van der Waals surface area contributed by atoms with Crippen molar-refractivity contribution in [3.05, 3.63) is 93.9 Å². The van der Waals surface area contributed by atoms with Gasteiger partial charge in [-0.2, -0.15) is 5.11 Å². The molecule has 1 aliphatic rings. The van der Waals surface area contributed by atoms with Crippen molar-refractivity contribution in [1.29, 1.82) is 0 Å². The molecule has 0 fully saturated rings. The van der Waals surface area contributed by atoms with Crippen LogP contribution in [0.4, 0.5) is 5.69 Å². The maximum Gasteiger partial charge on any atom is 0.184 e. The van der Waals surface area contributed by atoms with Gasteiger partial charge < -0.3 is 0 Å². The largest absolute Gasteiger partial charge is 0.289 e. The number of carbonyl (C=O) groups is 1. The van der Waals surface area contributed by atoms with Crippen LogP contribution in [0.5, 0.6) is 0 Å². The first kappa shape index (κ1) is 19.2. The maximum atomic E-state index is 12.2. The summed E-state index contributed by atoms with van der Waals surface area (Å²) >= 11 is 1.69. The number of benzene rings is 2. The predicted molar refractivity (Wildman–Crippen MR) is 122 cm³/mol. The normalized spacial score (nSPS) is 14.4. The molecule has 0 unspecified atom stereocenters. The molecule has 0 amide bonds. The molecule has 0 saturated heterocycles. The van der Waals surface area contributed by atoms with E-state index in [2.05, 4.69) is 47.5 Å². The van der Waals surface area contributed by atoms with E-state index < -0.39 is 0 Å². The lowest BCUT2D eigenvalue weighted by atomic mass is 9.94. The first-order chi connectivity index (χ1) is 14.0. The summed E-state index contributed by atoms with van der Waals surface area (Å²) in [5, 5.41) is 10.4. The Labute approximate surface area is 174 Å². The van der Waals surface area contributed by atoms with Crippen molar-refractivity contribution in [1.82, 2.24) is 0 Å². The third kappa shape index (κ3) is 4.03. The number of Topliss-reactive ketones (excluding diaryl/α,β-unsaturated/α-hetero) is 1. The first-order valence-corrected chi connectivity index (χ1v) is 10.5. The Morgan fingerprint density at radius 2 is 1.72 bits per heavy atom. The van der Waals surface area contributed by atoms with Gasteiger partial charge in [0.15, 0.2) is 5.78 Å². The molecule has 0 bridgehead atoms. The van der Waals surface area contributed by atoms with E-state index in [1.54, 1.807) is 11.3 Å². The molecule has 1 heterocycles. The molecule has 0 saturated carbocycles. The molecule has 4 rings (SSSR count). The Bertz CT molecular complexity index is 1170. The standard InChI is InChI=1S/C25H22N2OS/c1-4-18-8-7-10-21(14-18)26-27-24(20-12-16(2)25(28)17(3)13-20)23-15-19-9-5-6-11-22(19)29-23/h5-15H,4H2,1-3H3. The number of carbonyl (C=O) groups excluding carboxylic acids is 1. The van der Waals surface area contributed by atoms with Crippen LogP contribution in [-0.4, -0.2) is 5.78 Å². The number of ketones is 1. The van der Waals surface area contributed by atoms with E-state index in [9.17, 15) is 4.79 Å². The minimum Gasteiger partial charge on any atom is -0.289 e. The number of hydrogen-bond acceptors (Lipinski definition) is 4. The van der Waals surface area contributed by atoms with E-state index in [0.29, 0.717) is 0 Å². The summed E-state index contributed by atoms with van der Waals surface area (Å²) < 4.78 is 1.21. The van der Waals surface area contributed by atoms with Crippen LogP contribution in [0.3, 0.4) is 0 Å². The highest BCUT2D eigenvalue weighted by Crippen LogP contribution is 2.36. The Morgan fingerprint density at radius 1 is 0.966 bits per heavy atom. The second-order valence-corrected chi connectivity index (χ2v) is 8.24. The lowest BCUT2D eigenvalue weighted by Crippen LogP contribution is -2.06. The van der Waals surface area contributed by atoms with Crippen molar-refractivity contribution in [3.63, 3.8) is 0 Å². The van der Waals surface area contributed by atoms with Crippen LogP contribution in [0.15, 0.2) is 93.7 Å². The minimum absolute atomic E-state index is 0.0806. The van der Waals surface area contributed by atoms with E-state index in [1.807, 2.05) is 50.3 Å². The highest BCUT2D eigenvalue weighted by Gasteiger charge is 2.18. The van der Waals surface area contributed by atoms with E-state index >= 15 is 0 Å². The molecule has 0 atom stereocenters.